The highest BCUT2D eigenvalue weighted by atomic mass is 16.3. The fourth-order valence-electron chi connectivity index (χ4n) is 1.96. The Morgan fingerprint density at radius 2 is 1.53 bits per heavy atom. The van der Waals surface area contributed by atoms with E-state index >= 15 is 0 Å². The zero-order valence-corrected chi connectivity index (χ0v) is 11.5. The summed E-state index contributed by atoms with van der Waals surface area (Å²) in [6, 6.07) is 0. The van der Waals surface area contributed by atoms with Crippen LogP contribution in [0.15, 0.2) is 0 Å². The van der Waals surface area contributed by atoms with E-state index in [-0.39, 0.29) is 12.7 Å². The molecule has 0 bridgehead atoms. The van der Waals surface area contributed by atoms with Gasteiger partial charge in [-0.25, -0.2) is 0 Å². The molecule has 0 aromatic rings. The summed E-state index contributed by atoms with van der Waals surface area (Å²) in [7, 11) is 0. The number of nitrogens with one attached hydrogen (secondary N) is 1. The summed E-state index contributed by atoms with van der Waals surface area (Å²) in [5.74, 6) is 0. The lowest BCUT2D eigenvalue weighted by molar-refractivity contribution is 0.155. The Bertz CT molecular complexity index is 142. The molecule has 0 radical (unpaired) electrons. The van der Waals surface area contributed by atoms with E-state index in [1.807, 2.05) is 0 Å². The third kappa shape index (κ3) is 13.8. The van der Waals surface area contributed by atoms with Crippen molar-refractivity contribution < 1.29 is 10.2 Å². The van der Waals surface area contributed by atoms with Gasteiger partial charge in [0.15, 0.2) is 0 Å². The van der Waals surface area contributed by atoms with E-state index in [1.54, 1.807) is 0 Å². The van der Waals surface area contributed by atoms with Crippen LogP contribution in [-0.4, -0.2) is 36.0 Å². The van der Waals surface area contributed by atoms with Gasteiger partial charge in [0.25, 0.3) is 0 Å². The molecule has 0 heterocycles. The molecule has 3 N–H and O–H groups in total. The lowest BCUT2D eigenvalue weighted by Gasteiger charge is -2.10. The average molecular weight is 245 g/mol. The van der Waals surface area contributed by atoms with Gasteiger partial charge in [-0.2, -0.15) is 0 Å². The fraction of sp³-hybridized carbons (Fsp3) is 1.00. The summed E-state index contributed by atoms with van der Waals surface area (Å²) in [6.45, 7) is 3.57. The lowest BCUT2D eigenvalue weighted by Crippen LogP contribution is -2.28. The van der Waals surface area contributed by atoms with Crippen LogP contribution in [0.5, 0.6) is 0 Å². The van der Waals surface area contributed by atoms with Crippen molar-refractivity contribution in [3.8, 4) is 0 Å². The lowest BCUT2D eigenvalue weighted by atomic mass is 10.1. The molecule has 3 nitrogen and oxygen atoms in total. The van der Waals surface area contributed by atoms with Gasteiger partial charge in [0.1, 0.15) is 0 Å². The number of unbranched alkanes of at least 4 members (excludes halogenated alkanes) is 7. The standard InChI is InChI=1S/C14H31NO2/c1-2-3-4-5-6-7-8-9-10-14(17)13-15-11-12-16/h14-17H,2-13H2,1H3. The molecular weight excluding hydrogens is 214 g/mol. The second-order valence-electron chi connectivity index (χ2n) is 4.85. The maximum absolute atomic E-state index is 9.60. The van der Waals surface area contributed by atoms with Crippen molar-refractivity contribution in [1.29, 1.82) is 0 Å². The van der Waals surface area contributed by atoms with Gasteiger partial charge in [-0.1, -0.05) is 58.3 Å². The first-order valence-electron chi connectivity index (χ1n) is 7.31. The van der Waals surface area contributed by atoms with Crippen molar-refractivity contribution in [2.75, 3.05) is 19.7 Å². The molecule has 3 heteroatoms. The van der Waals surface area contributed by atoms with Crippen LogP contribution in [0.3, 0.4) is 0 Å². The molecule has 0 fully saturated rings. The largest absolute Gasteiger partial charge is 0.395 e. The topological polar surface area (TPSA) is 52.5 Å². The summed E-state index contributed by atoms with van der Waals surface area (Å²) in [6.07, 6.45) is 11.1. The Morgan fingerprint density at radius 3 is 2.12 bits per heavy atom. The van der Waals surface area contributed by atoms with Crippen LogP contribution in [0, 0.1) is 0 Å². The van der Waals surface area contributed by atoms with Gasteiger partial charge in [-0.05, 0) is 6.42 Å². The molecular formula is C14H31NO2. The highest BCUT2D eigenvalue weighted by molar-refractivity contribution is 4.59. The number of hydrogen-bond acceptors (Lipinski definition) is 3. The molecule has 0 rings (SSSR count). The molecule has 0 saturated carbocycles. The van der Waals surface area contributed by atoms with E-state index in [2.05, 4.69) is 12.2 Å². The van der Waals surface area contributed by atoms with E-state index in [1.165, 1.54) is 44.9 Å². The number of aliphatic hydroxyl groups is 2. The van der Waals surface area contributed by atoms with E-state index in [4.69, 9.17) is 5.11 Å². The molecule has 104 valence electrons. The molecule has 0 aromatic carbocycles. The highest BCUT2D eigenvalue weighted by Crippen LogP contribution is 2.10. The predicted molar refractivity (Wildman–Crippen MR) is 73.2 cm³/mol. The first-order valence-corrected chi connectivity index (χ1v) is 7.31. The normalized spacial score (nSPS) is 12.9. The van der Waals surface area contributed by atoms with Crippen LogP contribution >= 0.6 is 0 Å². The van der Waals surface area contributed by atoms with Crippen molar-refractivity contribution in [2.45, 2.75) is 70.8 Å². The summed E-state index contributed by atoms with van der Waals surface area (Å²) < 4.78 is 0. The summed E-state index contributed by atoms with van der Waals surface area (Å²) in [5, 5.41) is 21.2. The van der Waals surface area contributed by atoms with Gasteiger partial charge < -0.3 is 15.5 Å². The van der Waals surface area contributed by atoms with Crippen molar-refractivity contribution in [3.05, 3.63) is 0 Å². The Morgan fingerprint density at radius 1 is 0.941 bits per heavy atom. The molecule has 17 heavy (non-hydrogen) atoms. The summed E-state index contributed by atoms with van der Waals surface area (Å²) in [4.78, 5) is 0. The summed E-state index contributed by atoms with van der Waals surface area (Å²) in [5.41, 5.74) is 0. The van der Waals surface area contributed by atoms with Gasteiger partial charge in [0.2, 0.25) is 0 Å². The van der Waals surface area contributed by atoms with Gasteiger partial charge in [-0.15, -0.1) is 0 Å². The molecule has 0 aliphatic rings. The molecule has 0 spiro atoms. The van der Waals surface area contributed by atoms with Crippen LogP contribution < -0.4 is 5.32 Å². The SMILES string of the molecule is CCCCCCCCCCC(O)CNCCO. The van der Waals surface area contributed by atoms with E-state index in [9.17, 15) is 5.11 Å². The van der Waals surface area contributed by atoms with Crippen LogP contribution in [0.2, 0.25) is 0 Å². The number of hydrogen-bond donors (Lipinski definition) is 3. The van der Waals surface area contributed by atoms with Crippen LogP contribution in [0.4, 0.5) is 0 Å². The van der Waals surface area contributed by atoms with Crippen LogP contribution in [-0.2, 0) is 0 Å². The molecule has 0 aliphatic carbocycles. The van der Waals surface area contributed by atoms with Gasteiger partial charge >= 0.3 is 0 Å². The van der Waals surface area contributed by atoms with E-state index in [0.29, 0.717) is 13.1 Å². The maximum atomic E-state index is 9.60. The predicted octanol–water partition coefficient (Wildman–Crippen LogP) is 2.46. The van der Waals surface area contributed by atoms with E-state index < -0.39 is 0 Å². The quantitative estimate of drug-likeness (QED) is 0.437. The monoisotopic (exact) mass is 245 g/mol. The van der Waals surface area contributed by atoms with E-state index in [0.717, 1.165) is 12.8 Å². The first-order chi connectivity index (χ1) is 8.31. The Balaban J connectivity index is 3.05. The van der Waals surface area contributed by atoms with Crippen molar-refractivity contribution in [3.63, 3.8) is 0 Å². The van der Waals surface area contributed by atoms with Crippen molar-refractivity contribution in [1.82, 2.24) is 5.32 Å². The third-order valence-corrected chi connectivity index (χ3v) is 3.06. The summed E-state index contributed by atoms with van der Waals surface area (Å²) >= 11 is 0. The second kappa shape index (κ2) is 13.9. The molecule has 0 aliphatic heterocycles. The molecule has 1 atom stereocenters. The highest BCUT2D eigenvalue weighted by Gasteiger charge is 2.02. The average Bonchev–Trinajstić information content (AvgIpc) is 2.33. The third-order valence-electron chi connectivity index (χ3n) is 3.06. The smallest absolute Gasteiger partial charge is 0.0664 e. The van der Waals surface area contributed by atoms with Crippen LogP contribution in [0.1, 0.15) is 64.7 Å². The molecule has 0 saturated heterocycles. The Hall–Kier alpha value is -0.120. The molecule has 1 unspecified atom stereocenters. The Labute approximate surface area is 107 Å². The van der Waals surface area contributed by atoms with Gasteiger partial charge in [0.05, 0.1) is 12.7 Å². The minimum Gasteiger partial charge on any atom is -0.395 e. The first kappa shape index (κ1) is 16.9. The molecule has 0 aromatic heterocycles. The second-order valence-corrected chi connectivity index (χ2v) is 4.85. The molecule has 0 amide bonds. The van der Waals surface area contributed by atoms with Gasteiger partial charge in [0, 0.05) is 13.1 Å². The number of rotatable bonds is 13. The minimum absolute atomic E-state index is 0.143. The van der Waals surface area contributed by atoms with Gasteiger partial charge in [-0.3, -0.25) is 0 Å². The fourth-order valence-corrected chi connectivity index (χ4v) is 1.96. The van der Waals surface area contributed by atoms with Crippen molar-refractivity contribution in [2.24, 2.45) is 0 Å². The van der Waals surface area contributed by atoms with Crippen LogP contribution in [0.25, 0.3) is 0 Å². The minimum atomic E-state index is -0.248. The Kier molecular flexibility index (Phi) is 13.8. The van der Waals surface area contributed by atoms with Crippen molar-refractivity contribution >= 4 is 0 Å². The maximum Gasteiger partial charge on any atom is 0.0664 e. The zero-order chi connectivity index (χ0) is 12.8. The zero-order valence-electron chi connectivity index (χ0n) is 11.5. The number of aliphatic hydroxyl groups excluding tert-OH is 2.